The van der Waals surface area contributed by atoms with Gasteiger partial charge in [-0.15, -0.1) is 0 Å². The summed E-state index contributed by atoms with van der Waals surface area (Å²) in [6.45, 7) is 5.59. The number of halogens is 2. The lowest BCUT2D eigenvalue weighted by Gasteiger charge is -2.29. The van der Waals surface area contributed by atoms with Gasteiger partial charge < -0.3 is 15.1 Å². The van der Waals surface area contributed by atoms with E-state index in [0.29, 0.717) is 28.4 Å². The summed E-state index contributed by atoms with van der Waals surface area (Å²) in [4.78, 5) is 21.5. The number of benzene rings is 2. The number of hydrogen-bond acceptors (Lipinski definition) is 4. The van der Waals surface area contributed by atoms with Crippen molar-refractivity contribution < 1.29 is 9.18 Å². The molecule has 0 aliphatic carbocycles. The van der Waals surface area contributed by atoms with Crippen LogP contribution in [0, 0.1) is 5.82 Å². The van der Waals surface area contributed by atoms with Crippen LogP contribution in [0.3, 0.4) is 0 Å². The highest BCUT2D eigenvalue weighted by Crippen LogP contribution is 2.30. The molecule has 1 N–H and O–H groups in total. The van der Waals surface area contributed by atoms with E-state index < -0.39 is 0 Å². The third-order valence-corrected chi connectivity index (χ3v) is 5.61. The van der Waals surface area contributed by atoms with Gasteiger partial charge in [0.05, 0.1) is 11.4 Å². The van der Waals surface area contributed by atoms with Gasteiger partial charge in [0.2, 0.25) is 5.91 Å². The Morgan fingerprint density at radius 1 is 1.07 bits per heavy atom. The highest BCUT2D eigenvalue weighted by atomic mass is 35.5. The number of nitrogens with zero attached hydrogens (tertiary/aromatic N) is 3. The predicted molar refractivity (Wildman–Crippen MR) is 115 cm³/mol. The smallest absolute Gasteiger partial charge is 0.248 e. The standard InChI is InChI=1S/C22H24ClFN4O/c23-16-6-7-20-18(14-16)22(17-4-1-2-5-19(17)24)26-15-21(29)28(20)11-3-10-27-12-8-25-9-13-27/h1-2,4-7,14,25H,3,8-13,15H2. The van der Waals surface area contributed by atoms with E-state index >= 15 is 0 Å². The lowest BCUT2D eigenvalue weighted by Crippen LogP contribution is -2.44. The lowest BCUT2D eigenvalue weighted by atomic mass is 9.99. The van der Waals surface area contributed by atoms with E-state index in [4.69, 9.17) is 11.6 Å². The van der Waals surface area contributed by atoms with Gasteiger partial charge in [0, 0.05) is 48.9 Å². The Bertz CT molecular complexity index is 927. The van der Waals surface area contributed by atoms with Crippen LogP contribution in [0.2, 0.25) is 5.02 Å². The number of nitrogens with one attached hydrogen (secondary N) is 1. The number of aliphatic imine (C=N–C) groups is 1. The van der Waals surface area contributed by atoms with Gasteiger partial charge in [0.15, 0.2) is 0 Å². The Kier molecular flexibility index (Phi) is 6.23. The minimum Gasteiger partial charge on any atom is -0.314 e. The van der Waals surface area contributed by atoms with E-state index in [1.807, 2.05) is 6.07 Å². The Labute approximate surface area is 175 Å². The van der Waals surface area contributed by atoms with Crippen molar-refractivity contribution in [2.24, 2.45) is 4.99 Å². The van der Waals surface area contributed by atoms with Gasteiger partial charge in [-0.2, -0.15) is 0 Å². The van der Waals surface area contributed by atoms with E-state index in [1.165, 1.54) is 6.07 Å². The average molecular weight is 415 g/mol. The predicted octanol–water partition coefficient (Wildman–Crippen LogP) is 2.96. The van der Waals surface area contributed by atoms with Gasteiger partial charge in [0.1, 0.15) is 12.4 Å². The van der Waals surface area contributed by atoms with Crippen molar-refractivity contribution in [2.45, 2.75) is 6.42 Å². The van der Waals surface area contributed by atoms with Crippen molar-refractivity contribution in [2.75, 3.05) is 50.7 Å². The molecule has 152 valence electrons. The zero-order valence-corrected chi connectivity index (χ0v) is 17.0. The van der Waals surface area contributed by atoms with Crippen LogP contribution >= 0.6 is 11.6 Å². The highest BCUT2D eigenvalue weighted by molar-refractivity contribution is 6.32. The molecule has 29 heavy (non-hydrogen) atoms. The molecule has 7 heteroatoms. The molecule has 0 radical (unpaired) electrons. The van der Waals surface area contributed by atoms with Crippen LogP contribution in [0.5, 0.6) is 0 Å². The third-order valence-electron chi connectivity index (χ3n) is 5.37. The Morgan fingerprint density at radius 3 is 2.66 bits per heavy atom. The summed E-state index contributed by atoms with van der Waals surface area (Å²) < 4.78 is 14.5. The van der Waals surface area contributed by atoms with Crippen LogP contribution in [0.1, 0.15) is 17.5 Å². The van der Waals surface area contributed by atoms with E-state index in [0.717, 1.165) is 44.8 Å². The monoisotopic (exact) mass is 414 g/mol. The number of benzodiazepines with no additional fused rings is 1. The maximum absolute atomic E-state index is 14.5. The summed E-state index contributed by atoms with van der Waals surface area (Å²) in [7, 11) is 0. The van der Waals surface area contributed by atoms with Gasteiger partial charge in [-0.05, 0) is 43.3 Å². The molecule has 5 nitrogen and oxygen atoms in total. The molecule has 0 atom stereocenters. The minimum absolute atomic E-state index is 0.0103. The number of anilines is 1. The van der Waals surface area contributed by atoms with E-state index in [9.17, 15) is 9.18 Å². The number of fused-ring (bicyclic) bond motifs is 1. The van der Waals surface area contributed by atoms with Crippen molar-refractivity contribution in [3.05, 3.63) is 64.4 Å². The normalized spacial score (nSPS) is 17.7. The molecule has 1 amide bonds. The van der Waals surface area contributed by atoms with Gasteiger partial charge in [-0.25, -0.2) is 4.39 Å². The van der Waals surface area contributed by atoms with E-state index in [2.05, 4.69) is 15.2 Å². The molecule has 0 unspecified atom stereocenters. The molecule has 2 heterocycles. The quantitative estimate of drug-likeness (QED) is 0.818. The van der Waals surface area contributed by atoms with Crippen molar-refractivity contribution in [1.29, 1.82) is 0 Å². The molecule has 2 aromatic rings. The van der Waals surface area contributed by atoms with Crippen molar-refractivity contribution in [1.82, 2.24) is 10.2 Å². The number of carbonyl (C=O) groups is 1. The molecule has 2 aromatic carbocycles. The fraction of sp³-hybridized carbons (Fsp3) is 0.364. The molecule has 0 aromatic heterocycles. The van der Waals surface area contributed by atoms with E-state index in [-0.39, 0.29) is 18.3 Å². The van der Waals surface area contributed by atoms with Crippen molar-refractivity contribution in [3.8, 4) is 0 Å². The summed E-state index contributed by atoms with van der Waals surface area (Å²) in [5.74, 6) is -0.447. The van der Waals surface area contributed by atoms with E-state index in [1.54, 1.807) is 35.2 Å². The van der Waals surface area contributed by atoms with Crippen LogP contribution in [-0.2, 0) is 4.79 Å². The molecule has 2 aliphatic rings. The van der Waals surface area contributed by atoms with Crippen LogP contribution in [0.25, 0.3) is 0 Å². The summed E-state index contributed by atoms with van der Waals surface area (Å²) in [5.41, 5.74) is 2.28. The zero-order chi connectivity index (χ0) is 20.2. The largest absolute Gasteiger partial charge is 0.314 e. The Balaban J connectivity index is 1.61. The average Bonchev–Trinajstić information content (AvgIpc) is 2.86. The maximum Gasteiger partial charge on any atom is 0.248 e. The molecule has 2 aliphatic heterocycles. The van der Waals surface area contributed by atoms with Crippen molar-refractivity contribution >= 4 is 28.9 Å². The third kappa shape index (κ3) is 4.50. The second-order valence-corrected chi connectivity index (χ2v) is 7.73. The van der Waals surface area contributed by atoms with Crippen LogP contribution < -0.4 is 10.2 Å². The summed E-state index contributed by atoms with van der Waals surface area (Å²) in [5, 5.41) is 3.88. The number of rotatable bonds is 5. The van der Waals surface area contributed by atoms with Gasteiger partial charge in [0.25, 0.3) is 0 Å². The number of carbonyl (C=O) groups excluding carboxylic acids is 1. The topological polar surface area (TPSA) is 47.9 Å². The SMILES string of the molecule is O=C1CN=C(c2ccccc2F)c2cc(Cl)ccc2N1CCCN1CCNCC1. The molecule has 1 fully saturated rings. The molecule has 0 bridgehead atoms. The first-order valence-corrected chi connectivity index (χ1v) is 10.3. The maximum atomic E-state index is 14.5. The first kappa shape index (κ1) is 20.0. The minimum atomic E-state index is -0.364. The zero-order valence-electron chi connectivity index (χ0n) is 16.2. The molecule has 4 rings (SSSR count). The molecule has 1 saturated heterocycles. The number of amides is 1. The number of hydrogen-bond donors (Lipinski definition) is 1. The fourth-order valence-electron chi connectivity index (χ4n) is 3.90. The lowest BCUT2D eigenvalue weighted by molar-refractivity contribution is -0.117. The Hall–Kier alpha value is -2.28. The molecular formula is C22H24ClFN4O. The van der Waals surface area contributed by atoms with Crippen LogP contribution in [-0.4, -0.2) is 62.3 Å². The van der Waals surface area contributed by atoms with Gasteiger partial charge in [-0.3, -0.25) is 9.79 Å². The van der Waals surface area contributed by atoms with Crippen molar-refractivity contribution in [3.63, 3.8) is 0 Å². The summed E-state index contributed by atoms with van der Waals surface area (Å²) >= 11 is 6.25. The van der Waals surface area contributed by atoms with Gasteiger partial charge >= 0.3 is 0 Å². The molecule has 0 spiro atoms. The van der Waals surface area contributed by atoms with Crippen LogP contribution in [0.15, 0.2) is 47.5 Å². The fourth-order valence-corrected chi connectivity index (χ4v) is 4.07. The highest BCUT2D eigenvalue weighted by Gasteiger charge is 2.26. The second kappa shape index (κ2) is 9.03. The first-order valence-electron chi connectivity index (χ1n) is 9.96. The molecular weight excluding hydrogens is 391 g/mol. The summed E-state index contributed by atoms with van der Waals surface area (Å²) in [6.07, 6.45) is 0.864. The Morgan fingerprint density at radius 2 is 1.86 bits per heavy atom. The summed E-state index contributed by atoms with van der Waals surface area (Å²) in [6, 6.07) is 11.9. The van der Waals surface area contributed by atoms with Crippen LogP contribution in [0.4, 0.5) is 10.1 Å². The molecule has 0 saturated carbocycles. The van der Waals surface area contributed by atoms with Gasteiger partial charge in [-0.1, -0.05) is 23.7 Å². The first-order chi connectivity index (χ1) is 14.1. The second-order valence-electron chi connectivity index (χ2n) is 7.30. The number of piperazine rings is 1.